The normalized spacial score (nSPS) is 15.5. The maximum atomic E-state index is 12.9. The van der Waals surface area contributed by atoms with Crippen LogP contribution in [0.1, 0.15) is 41.6 Å². The molecule has 1 fully saturated rings. The molecule has 1 aliphatic carbocycles. The largest absolute Gasteiger partial charge is 0.348 e. The maximum Gasteiger partial charge on any atom is 0.251 e. The molecule has 2 aromatic rings. The topological polar surface area (TPSA) is 84.2 Å². The van der Waals surface area contributed by atoms with Crippen molar-refractivity contribution < 1.29 is 14.0 Å². The van der Waals surface area contributed by atoms with Crippen molar-refractivity contribution in [3.05, 3.63) is 65.5 Å². The van der Waals surface area contributed by atoms with Gasteiger partial charge in [0.25, 0.3) is 5.91 Å². The van der Waals surface area contributed by atoms with Gasteiger partial charge in [0.05, 0.1) is 5.54 Å². The lowest BCUT2D eigenvalue weighted by molar-refractivity contribution is -0.121. The van der Waals surface area contributed by atoms with Crippen molar-refractivity contribution in [1.82, 2.24) is 5.32 Å². The molecule has 0 bridgehead atoms. The lowest BCUT2D eigenvalue weighted by Crippen LogP contribution is -2.48. The number of benzene rings is 2. The van der Waals surface area contributed by atoms with Gasteiger partial charge in [-0.05, 0) is 54.8 Å². The molecule has 0 radical (unpaired) electrons. The number of halogens is 1. The van der Waals surface area contributed by atoms with Crippen molar-refractivity contribution >= 4 is 17.5 Å². The van der Waals surface area contributed by atoms with Crippen molar-refractivity contribution in [3.8, 4) is 0 Å². The Balaban J connectivity index is 1.55. The average molecular weight is 355 g/mol. The van der Waals surface area contributed by atoms with E-state index in [-0.39, 0.29) is 17.6 Å². The first-order chi connectivity index (χ1) is 12.5. The van der Waals surface area contributed by atoms with Crippen LogP contribution in [0.3, 0.4) is 0 Å². The Morgan fingerprint density at radius 3 is 2.23 bits per heavy atom. The molecule has 0 saturated heterocycles. The van der Waals surface area contributed by atoms with Crippen LogP contribution in [0.5, 0.6) is 0 Å². The molecular formula is C20H22FN3O2. The molecule has 0 atom stereocenters. The fourth-order valence-corrected chi connectivity index (χ4v) is 3.08. The van der Waals surface area contributed by atoms with Gasteiger partial charge in [-0.1, -0.05) is 25.0 Å². The lowest BCUT2D eigenvalue weighted by Gasteiger charge is -2.22. The van der Waals surface area contributed by atoms with Crippen molar-refractivity contribution in [3.63, 3.8) is 0 Å². The summed E-state index contributed by atoms with van der Waals surface area (Å²) in [6, 6.07) is 12.6. The smallest absolute Gasteiger partial charge is 0.251 e. The van der Waals surface area contributed by atoms with E-state index in [2.05, 4.69) is 10.6 Å². The Labute approximate surface area is 151 Å². The highest BCUT2D eigenvalue weighted by atomic mass is 19.1. The van der Waals surface area contributed by atoms with Crippen molar-refractivity contribution in [2.45, 2.75) is 37.8 Å². The molecule has 0 aliphatic heterocycles. The second-order valence-electron chi connectivity index (χ2n) is 6.70. The zero-order chi connectivity index (χ0) is 18.6. The SMILES string of the molecule is NC1(C(=O)Nc2ccc(C(=O)NCc3ccc(F)cc3)cc2)CCCC1. The quantitative estimate of drug-likeness (QED) is 0.771. The molecule has 2 amide bonds. The zero-order valence-corrected chi connectivity index (χ0v) is 14.4. The summed E-state index contributed by atoms with van der Waals surface area (Å²) in [6.45, 7) is 0.313. The molecule has 0 unspecified atom stereocenters. The molecule has 0 aromatic heterocycles. The monoisotopic (exact) mass is 355 g/mol. The van der Waals surface area contributed by atoms with E-state index in [0.717, 1.165) is 18.4 Å². The number of rotatable bonds is 5. The number of nitrogens with two attached hydrogens (primary N) is 1. The van der Waals surface area contributed by atoms with E-state index in [9.17, 15) is 14.0 Å². The summed E-state index contributed by atoms with van der Waals surface area (Å²) >= 11 is 0. The van der Waals surface area contributed by atoms with Crippen molar-refractivity contribution in [2.24, 2.45) is 5.73 Å². The number of hydrogen-bond donors (Lipinski definition) is 3. The van der Waals surface area contributed by atoms with E-state index in [4.69, 9.17) is 5.73 Å². The summed E-state index contributed by atoms with van der Waals surface area (Å²) in [5.74, 6) is -0.726. The Kier molecular flexibility index (Phi) is 5.32. The first-order valence-corrected chi connectivity index (χ1v) is 8.69. The van der Waals surface area contributed by atoms with Gasteiger partial charge in [-0.2, -0.15) is 0 Å². The van der Waals surface area contributed by atoms with Crippen LogP contribution in [0.4, 0.5) is 10.1 Å². The molecule has 26 heavy (non-hydrogen) atoms. The van der Waals surface area contributed by atoms with Crippen LogP contribution in [0.15, 0.2) is 48.5 Å². The van der Waals surface area contributed by atoms with E-state index in [1.54, 1.807) is 36.4 Å². The molecule has 4 N–H and O–H groups in total. The molecule has 6 heteroatoms. The van der Waals surface area contributed by atoms with Crippen LogP contribution in [0.25, 0.3) is 0 Å². The van der Waals surface area contributed by atoms with E-state index in [1.165, 1.54) is 12.1 Å². The molecule has 2 aromatic carbocycles. The van der Waals surface area contributed by atoms with Crippen LogP contribution in [-0.2, 0) is 11.3 Å². The standard InChI is InChI=1S/C20H22FN3O2/c21-16-7-3-14(4-8-16)13-23-18(25)15-5-9-17(10-6-15)24-19(26)20(22)11-1-2-12-20/h3-10H,1-2,11-13,22H2,(H,23,25)(H,24,26). The number of hydrogen-bond acceptors (Lipinski definition) is 3. The Morgan fingerprint density at radius 1 is 1.00 bits per heavy atom. The minimum absolute atomic E-state index is 0.177. The van der Waals surface area contributed by atoms with Crippen LogP contribution < -0.4 is 16.4 Å². The van der Waals surface area contributed by atoms with Gasteiger partial charge in [0.1, 0.15) is 5.82 Å². The molecule has 3 rings (SSSR count). The van der Waals surface area contributed by atoms with Gasteiger partial charge in [0.2, 0.25) is 5.91 Å². The van der Waals surface area contributed by atoms with Crippen LogP contribution in [0, 0.1) is 5.82 Å². The number of carbonyl (C=O) groups is 2. The summed E-state index contributed by atoms with van der Waals surface area (Å²) in [7, 11) is 0. The van der Waals surface area contributed by atoms with Crippen LogP contribution >= 0.6 is 0 Å². The summed E-state index contributed by atoms with van der Waals surface area (Å²) in [5, 5.41) is 5.60. The predicted octanol–water partition coefficient (Wildman–Crippen LogP) is 2.97. The third-order valence-electron chi connectivity index (χ3n) is 4.72. The Hall–Kier alpha value is -2.73. The van der Waals surface area contributed by atoms with Crippen molar-refractivity contribution in [2.75, 3.05) is 5.32 Å². The zero-order valence-electron chi connectivity index (χ0n) is 14.4. The molecule has 1 aliphatic rings. The van der Waals surface area contributed by atoms with Crippen LogP contribution in [0.2, 0.25) is 0 Å². The molecule has 0 heterocycles. The summed E-state index contributed by atoms with van der Waals surface area (Å²) in [6.07, 6.45) is 3.33. The van der Waals surface area contributed by atoms with E-state index < -0.39 is 5.54 Å². The fraction of sp³-hybridized carbons (Fsp3) is 0.300. The van der Waals surface area contributed by atoms with Gasteiger partial charge in [0.15, 0.2) is 0 Å². The molecule has 0 spiro atoms. The van der Waals surface area contributed by atoms with Gasteiger partial charge < -0.3 is 16.4 Å². The van der Waals surface area contributed by atoms with E-state index in [1.807, 2.05) is 0 Å². The highest BCUT2D eigenvalue weighted by Crippen LogP contribution is 2.28. The first-order valence-electron chi connectivity index (χ1n) is 8.69. The number of carbonyl (C=O) groups excluding carboxylic acids is 2. The third-order valence-corrected chi connectivity index (χ3v) is 4.72. The maximum absolute atomic E-state index is 12.9. The second-order valence-corrected chi connectivity index (χ2v) is 6.70. The summed E-state index contributed by atoms with van der Waals surface area (Å²) in [4.78, 5) is 24.5. The van der Waals surface area contributed by atoms with E-state index >= 15 is 0 Å². The van der Waals surface area contributed by atoms with Gasteiger partial charge in [-0.25, -0.2) is 4.39 Å². The highest BCUT2D eigenvalue weighted by Gasteiger charge is 2.36. The number of amides is 2. The van der Waals surface area contributed by atoms with Gasteiger partial charge in [-0.15, -0.1) is 0 Å². The third kappa shape index (κ3) is 4.26. The van der Waals surface area contributed by atoms with Gasteiger partial charge >= 0.3 is 0 Å². The lowest BCUT2D eigenvalue weighted by atomic mass is 9.98. The Bertz CT molecular complexity index is 782. The average Bonchev–Trinajstić information content (AvgIpc) is 3.10. The number of nitrogens with one attached hydrogen (secondary N) is 2. The summed E-state index contributed by atoms with van der Waals surface area (Å²) in [5.41, 5.74) is 7.25. The van der Waals surface area contributed by atoms with Crippen LogP contribution in [-0.4, -0.2) is 17.4 Å². The molecule has 5 nitrogen and oxygen atoms in total. The van der Waals surface area contributed by atoms with Gasteiger partial charge in [-0.3, -0.25) is 9.59 Å². The van der Waals surface area contributed by atoms with E-state index in [0.29, 0.717) is 30.6 Å². The van der Waals surface area contributed by atoms with Crippen molar-refractivity contribution in [1.29, 1.82) is 0 Å². The molecule has 136 valence electrons. The highest BCUT2D eigenvalue weighted by molar-refractivity contribution is 5.99. The molecule has 1 saturated carbocycles. The Morgan fingerprint density at radius 2 is 1.62 bits per heavy atom. The summed E-state index contributed by atoms with van der Waals surface area (Å²) < 4.78 is 12.9. The predicted molar refractivity (Wildman–Crippen MR) is 98.0 cm³/mol. The second kappa shape index (κ2) is 7.66. The minimum Gasteiger partial charge on any atom is -0.348 e. The molecular weight excluding hydrogens is 333 g/mol. The fourth-order valence-electron chi connectivity index (χ4n) is 3.08. The number of anilines is 1. The van der Waals surface area contributed by atoms with Gasteiger partial charge in [0, 0.05) is 17.8 Å². The minimum atomic E-state index is -0.787. The first kappa shape index (κ1) is 18.1.